The van der Waals surface area contributed by atoms with Gasteiger partial charge in [0, 0.05) is 26.1 Å². The number of nitrogens with one attached hydrogen (secondary N) is 1. The largest absolute Gasteiger partial charge is 0.462 e. The third-order valence-electron chi connectivity index (χ3n) is 6.19. The molecule has 0 aliphatic carbocycles. The molecule has 0 aliphatic heterocycles. The highest BCUT2D eigenvalue weighted by Gasteiger charge is 2.17. The van der Waals surface area contributed by atoms with E-state index in [0.29, 0.717) is 5.56 Å². The number of anilines is 1. The first kappa shape index (κ1) is 32.5. The lowest BCUT2D eigenvalue weighted by Gasteiger charge is -2.16. The third kappa shape index (κ3) is 18.3. The molecule has 1 aromatic rings. The Hall–Kier alpha value is -2.57. The number of carbonyl (C=O) groups excluding carboxylic acids is 3. The van der Waals surface area contributed by atoms with Crippen LogP contribution in [0.5, 0.6) is 0 Å². The number of ether oxygens (including phenoxy) is 3. The first-order valence-corrected chi connectivity index (χ1v) is 14.2. The topological polar surface area (TPSA) is 90.9 Å². The van der Waals surface area contributed by atoms with Crippen LogP contribution in [0.3, 0.4) is 0 Å². The lowest BCUT2D eigenvalue weighted by molar-refractivity contribution is -0.158. The average Bonchev–Trinajstić information content (AvgIpc) is 2.87. The van der Waals surface area contributed by atoms with E-state index in [1.165, 1.54) is 97.3 Å². The predicted octanol–water partition coefficient (Wildman–Crippen LogP) is 7.23. The van der Waals surface area contributed by atoms with Crippen molar-refractivity contribution in [2.24, 2.45) is 0 Å². The van der Waals surface area contributed by atoms with Crippen LogP contribution in [0.2, 0.25) is 0 Å². The van der Waals surface area contributed by atoms with E-state index in [2.05, 4.69) is 12.2 Å². The molecule has 0 spiro atoms. The molecule has 0 fully saturated rings. The Labute approximate surface area is 224 Å². The molecule has 0 saturated heterocycles. The van der Waals surface area contributed by atoms with Gasteiger partial charge in [-0.05, 0) is 30.7 Å². The van der Waals surface area contributed by atoms with Crippen LogP contribution >= 0.6 is 0 Å². The van der Waals surface area contributed by atoms with Crippen molar-refractivity contribution in [3.63, 3.8) is 0 Å². The molecule has 210 valence electrons. The zero-order chi connectivity index (χ0) is 27.1. The SMILES string of the molecule is CCCCCCCCCCCCCCCCNc1ccc(C(=O)OCC(COC(C)=O)OC(C)=O)cc1. The van der Waals surface area contributed by atoms with E-state index in [0.717, 1.165) is 18.7 Å². The highest BCUT2D eigenvalue weighted by molar-refractivity contribution is 5.89. The maximum Gasteiger partial charge on any atom is 0.338 e. The monoisotopic (exact) mass is 519 g/mol. The number of rotatable bonds is 22. The van der Waals surface area contributed by atoms with Gasteiger partial charge in [-0.15, -0.1) is 0 Å². The average molecular weight is 520 g/mol. The highest BCUT2D eigenvalue weighted by atomic mass is 16.6. The van der Waals surface area contributed by atoms with E-state index in [9.17, 15) is 14.4 Å². The van der Waals surface area contributed by atoms with Gasteiger partial charge in [0.1, 0.15) is 13.2 Å². The van der Waals surface area contributed by atoms with Gasteiger partial charge in [-0.1, -0.05) is 90.4 Å². The highest BCUT2D eigenvalue weighted by Crippen LogP contribution is 2.14. The lowest BCUT2D eigenvalue weighted by Crippen LogP contribution is -2.29. The second-order valence-corrected chi connectivity index (χ2v) is 9.73. The van der Waals surface area contributed by atoms with Gasteiger partial charge in [-0.25, -0.2) is 4.79 Å². The van der Waals surface area contributed by atoms with E-state index in [-0.39, 0.29) is 13.2 Å². The smallest absolute Gasteiger partial charge is 0.338 e. The maximum atomic E-state index is 12.3. The molecule has 0 bridgehead atoms. The van der Waals surface area contributed by atoms with Gasteiger partial charge in [0.2, 0.25) is 0 Å². The number of benzene rings is 1. The summed E-state index contributed by atoms with van der Waals surface area (Å²) in [7, 11) is 0. The Bertz CT molecular complexity index is 749. The zero-order valence-electron chi connectivity index (χ0n) is 23.4. The summed E-state index contributed by atoms with van der Waals surface area (Å²) in [6.07, 6.45) is 18.0. The van der Waals surface area contributed by atoms with Gasteiger partial charge in [0.25, 0.3) is 0 Å². The lowest BCUT2D eigenvalue weighted by atomic mass is 10.0. The summed E-state index contributed by atoms with van der Waals surface area (Å²) in [6, 6.07) is 7.09. The maximum absolute atomic E-state index is 12.3. The van der Waals surface area contributed by atoms with Gasteiger partial charge < -0.3 is 19.5 Å². The summed E-state index contributed by atoms with van der Waals surface area (Å²) in [5.41, 5.74) is 1.36. The van der Waals surface area contributed by atoms with Crippen LogP contribution in [-0.4, -0.2) is 43.8 Å². The summed E-state index contributed by atoms with van der Waals surface area (Å²) in [6.45, 7) is 5.32. The van der Waals surface area contributed by atoms with E-state index >= 15 is 0 Å². The molecule has 1 atom stereocenters. The minimum absolute atomic E-state index is 0.162. The van der Waals surface area contributed by atoms with E-state index < -0.39 is 24.0 Å². The van der Waals surface area contributed by atoms with Crippen molar-refractivity contribution in [3.05, 3.63) is 29.8 Å². The molecule has 0 aromatic heterocycles. The minimum atomic E-state index is -0.837. The normalized spacial score (nSPS) is 11.5. The predicted molar refractivity (Wildman–Crippen MR) is 148 cm³/mol. The van der Waals surface area contributed by atoms with Crippen LogP contribution in [0.15, 0.2) is 24.3 Å². The molecule has 1 rings (SSSR count). The van der Waals surface area contributed by atoms with Crippen LogP contribution in [0.4, 0.5) is 5.69 Å². The number of hydrogen-bond donors (Lipinski definition) is 1. The first-order chi connectivity index (χ1) is 17.9. The van der Waals surface area contributed by atoms with Crippen LogP contribution in [-0.2, 0) is 23.8 Å². The molecular formula is C30H49NO6. The van der Waals surface area contributed by atoms with Crippen molar-refractivity contribution in [2.75, 3.05) is 25.1 Å². The van der Waals surface area contributed by atoms with Crippen molar-refractivity contribution in [2.45, 2.75) is 117 Å². The Kier molecular flexibility index (Phi) is 18.9. The number of esters is 3. The Balaban J connectivity index is 2.10. The number of hydrogen-bond acceptors (Lipinski definition) is 7. The fourth-order valence-electron chi connectivity index (χ4n) is 4.09. The molecule has 1 N–H and O–H groups in total. The molecule has 1 aromatic carbocycles. The molecule has 0 radical (unpaired) electrons. The van der Waals surface area contributed by atoms with Crippen molar-refractivity contribution in [1.29, 1.82) is 0 Å². The molecule has 0 saturated carbocycles. The third-order valence-corrected chi connectivity index (χ3v) is 6.19. The van der Waals surface area contributed by atoms with Crippen molar-refractivity contribution in [3.8, 4) is 0 Å². The Morgan fingerprint density at radius 2 is 1.16 bits per heavy atom. The fraction of sp³-hybridized carbons (Fsp3) is 0.700. The molecule has 7 nitrogen and oxygen atoms in total. The zero-order valence-corrected chi connectivity index (χ0v) is 23.4. The Morgan fingerprint density at radius 1 is 0.676 bits per heavy atom. The van der Waals surface area contributed by atoms with Gasteiger partial charge >= 0.3 is 17.9 Å². The van der Waals surface area contributed by atoms with Crippen LogP contribution < -0.4 is 5.32 Å². The van der Waals surface area contributed by atoms with Crippen molar-refractivity contribution < 1.29 is 28.6 Å². The van der Waals surface area contributed by atoms with Crippen LogP contribution in [0.25, 0.3) is 0 Å². The quantitative estimate of drug-likeness (QED) is 0.0981. The summed E-state index contributed by atoms with van der Waals surface area (Å²) in [5, 5.41) is 3.40. The van der Waals surface area contributed by atoms with Crippen LogP contribution in [0, 0.1) is 0 Å². The van der Waals surface area contributed by atoms with Crippen LogP contribution in [0.1, 0.15) is 121 Å². The van der Waals surface area contributed by atoms with Crippen molar-refractivity contribution >= 4 is 23.6 Å². The molecule has 0 aliphatic rings. The summed E-state index contributed by atoms with van der Waals surface area (Å²) in [4.78, 5) is 34.5. The number of unbranched alkanes of at least 4 members (excludes halogenated alkanes) is 13. The second-order valence-electron chi connectivity index (χ2n) is 9.73. The minimum Gasteiger partial charge on any atom is -0.462 e. The summed E-state index contributed by atoms with van der Waals surface area (Å²) >= 11 is 0. The van der Waals surface area contributed by atoms with Gasteiger partial charge in [-0.2, -0.15) is 0 Å². The standard InChI is InChI=1S/C30H49NO6/c1-4-5-6-7-8-9-10-11-12-13-14-15-16-17-22-31-28-20-18-27(19-21-28)30(34)36-24-29(37-26(3)33)23-35-25(2)32/h18-21,29,31H,4-17,22-24H2,1-3H3. The molecule has 7 heteroatoms. The molecule has 37 heavy (non-hydrogen) atoms. The van der Waals surface area contributed by atoms with E-state index in [4.69, 9.17) is 14.2 Å². The molecule has 0 amide bonds. The molecule has 0 heterocycles. The van der Waals surface area contributed by atoms with Gasteiger partial charge in [-0.3, -0.25) is 9.59 Å². The summed E-state index contributed by atoms with van der Waals surface area (Å²) < 4.78 is 15.1. The van der Waals surface area contributed by atoms with E-state index in [1.54, 1.807) is 12.1 Å². The van der Waals surface area contributed by atoms with Gasteiger partial charge in [0.15, 0.2) is 6.10 Å². The first-order valence-electron chi connectivity index (χ1n) is 14.2. The second kappa shape index (κ2) is 21.5. The Morgan fingerprint density at radius 3 is 1.65 bits per heavy atom. The van der Waals surface area contributed by atoms with Gasteiger partial charge in [0.05, 0.1) is 5.56 Å². The summed E-state index contributed by atoms with van der Waals surface area (Å²) in [5.74, 6) is -1.57. The van der Waals surface area contributed by atoms with E-state index in [1.807, 2.05) is 12.1 Å². The molecule has 1 unspecified atom stereocenters. The fourth-order valence-corrected chi connectivity index (χ4v) is 4.09. The molecular weight excluding hydrogens is 470 g/mol. The van der Waals surface area contributed by atoms with Crippen molar-refractivity contribution in [1.82, 2.24) is 0 Å². The number of carbonyl (C=O) groups is 3.